The van der Waals surface area contributed by atoms with Crippen molar-refractivity contribution in [1.82, 2.24) is 5.43 Å². The van der Waals surface area contributed by atoms with E-state index in [0.29, 0.717) is 0 Å². The van der Waals surface area contributed by atoms with Gasteiger partial charge < -0.3 is 15.5 Å². The molecule has 2 aromatic carbocycles. The number of hydrazone groups is 1. The molecule has 0 fully saturated rings. The fraction of sp³-hybridized carbons (Fsp3) is 0.167. The standard InChI is InChI=1S/C18H16F3N3O4/c1-10(23-24-17(28)11-6-7-14(25)15(26)9-11)8-16(27)22-13-5-3-2-4-12(13)18(19,20)21/h2-7,9,25-26H,8H2,1H3,(H,22,27)(H,24,28)/b23-10+. The first-order valence-corrected chi connectivity index (χ1v) is 7.89. The number of anilines is 1. The smallest absolute Gasteiger partial charge is 0.418 e. The van der Waals surface area contributed by atoms with Gasteiger partial charge in [-0.25, -0.2) is 5.43 Å². The number of benzene rings is 2. The number of halogens is 3. The predicted molar refractivity (Wildman–Crippen MR) is 95.0 cm³/mol. The summed E-state index contributed by atoms with van der Waals surface area (Å²) in [6.45, 7) is 1.41. The van der Waals surface area contributed by atoms with E-state index in [1.165, 1.54) is 25.1 Å². The van der Waals surface area contributed by atoms with Crippen LogP contribution >= 0.6 is 0 Å². The van der Waals surface area contributed by atoms with E-state index in [2.05, 4.69) is 15.8 Å². The third-order valence-corrected chi connectivity index (χ3v) is 3.51. The second kappa shape index (κ2) is 8.42. The first-order valence-electron chi connectivity index (χ1n) is 7.89. The van der Waals surface area contributed by atoms with E-state index in [9.17, 15) is 33.0 Å². The molecule has 0 bridgehead atoms. The Morgan fingerprint density at radius 2 is 1.75 bits per heavy atom. The van der Waals surface area contributed by atoms with Crippen molar-refractivity contribution in [2.24, 2.45) is 5.10 Å². The van der Waals surface area contributed by atoms with Gasteiger partial charge in [0.25, 0.3) is 5.91 Å². The van der Waals surface area contributed by atoms with Crippen LogP contribution in [-0.4, -0.2) is 27.7 Å². The maximum absolute atomic E-state index is 12.9. The maximum atomic E-state index is 12.9. The van der Waals surface area contributed by atoms with E-state index in [-0.39, 0.29) is 23.4 Å². The normalized spacial score (nSPS) is 11.8. The van der Waals surface area contributed by atoms with Gasteiger partial charge in [-0.1, -0.05) is 12.1 Å². The number of aromatic hydroxyl groups is 2. The number of alkyl halides is 3. The Hall–Kier alpha value is -3.56. The van der Waals surface area contributed by atoms with Crippen LogP contribution in [0.25, 0.3) is 0 Å². The van der Waals surface area contributed by atoms with Crippen molar-refractivity contribution in [2.75, 3.05) is 5.32 Å². The summed E-state index contributed by atoms with van der Waals surface area (Å²) in [5.41, 5.74) is 0.941. The number of carbonyl (C=O) groups excluding carboxylic acids is 2. The number of hydrogen-bond donors (Lipinski definition) is 4. The highest BCUT2D eigenvalue weighted by molar-refractivity contribution is 6.06. The average Bonchev–Trinajstić information content (AvgIpc) is 2.61. The van der Waals surface area contributed by atoms with E-state index >= 15 is 0 Å². The van der Waals surface area contributed by atoms with Crippen molar-refractivity contribution < 1.29 is 33.0 Å². The van der Waals surface area contributed by atoms with E-state index in [4.69, 9.17) is 0 Å². The lowest BCUT2D eigenvalue weighted by atomic mass is 10.1. The second-order valence-corrected chi connectivity index (χ2v) is 5.76. The molecule has 0 aromatic heterocycles. The molecule has 7 nitrogen and oxygen atoms in total. The quantitative estimate of drug-likeness (QED) is 0.354. The van der Waals surface area contributed by atoms with Crippen molar-refractivity contribution in [3.05, 3.63) is 53.6 Å². The molecule has 0 saturated carbocycles. The predicted octanol–water partition coefficient (Wildman–Crippen LogP) is 3.25. The summed E-state index contributed by atoms with van der Waals surface area (Å²) < 4.78 is 38.8. The zero-order valence-electron chi connectivity index (χ0n) is 14.5. The number of nitrogens with one attached hydrogen (secondary N) is 2. The van der Waals surface area contributed by atoms with Crippen molar-refractivity contribution >= 4 is 23.2 Å². The van der Waals surface area contributed by atoms with Gasteiger partial charge in [-0.2, -0.15) is 18.3 Å². The minimum absolute atomic E-state index is 0.00964. The Balaban J connectivity index is 1.99. The van der Waals surface area contributed by atoms with Gasteiger partial charge in [0.2, 0.25) is 5.91 Å². The number of carbonyl (C=O) groups is 2. The molecule has 0 heterocycles. The molecule has 0 atom stereocenters. The summed E-state index contributed by atoms with van der Waals surface area (Å²) in [5.74, 6) is -2.34. The monoisotopic (exact) mass is 395 g/mol. The summed E-state index contributed by atoms with van der Waals surface area (Å²) >= 11 is 0. The van der Waals surface area contributed by atoms with Crippen LogP contribution in [-0.2, 0) is 11.0 Å². The van der Waals surface area contributed by atoms with Gasteiger partial charge >= 0.3 is 6.18 Å². The lowest BCUT2D eigenvalue weighted by Gasteiger charge is -2.13. The Morgan fingerprint density at radius 1 is 1.07 bits per heavy atom. The van der Waals surface area contributed by atoms with Crippen molar-refractivity contribution in [3.8, 4) is 11.5 Å². The molecule has 10 heteroatoms. The minimum atomic E-state index is -4.61. The highest BCUT2D eigenvalue weighted by Gasteiger charge is 2.33. The second-order valence-electron chi connectivity index (χ2n) is 5.76. The van der Waals surface area contributed by atoms with E-state index in [1.807, 2.05) is 0 Å². The molecule has 0 aliphatic carbocycles. The highest BCUT2D eigenvalue weighted by Crippen LogP contribution is 2.34. The van der Waals surface area contributed by atoms with Crippen LogP contribution < -0.4 is 10.7 Å². The molecule has 0 radical (unpaired) electrons. The zero-order valence-corrected chi connectivity index (χ0v) is 14.5. The summed E-state index contributed by atoms with van der Waals surface area (Å²) in [7, 11) is 0. The number of para-hydroxylation sites is 1. The fourth-order valence-corrected chi connectivity index (χ4v) is 2.18. The zero-order chi connectivity index (χ0) is 20.9. The molecule has 0 spiro atoms. The SMILES string of the molecule is C/C(CC(=O)Nc1ccccc1C(F)(F)F)=N\NC(=O)c1ccc(O)c(O)c1. The van der Waals surface area contributed by atoms with Gasteiger partial charge in [0.05, 0.1) is 17.7 Å². The molecule has 28 heavy (non-hydrogen) atoms. The minimum Gasteiger partial charge on any atom is -0.504 e. The summed E-state index contributed by atoms with van der Waals surface area (Å²) in [5, 5.41) is 24.4. The number of nitrogens with zero attached hydrogens (tertiary/aromatic N) is 1. The van der Waals surface area contributed by atoms with Crippen molar-refractivity contribution in [3.63, 3.8) is 0 Å². The number of rotatable bonds is 5. The molecule has 2 amide bonds. The van der Waals surface area contributed by atoms with Crippen LogP contribution in [0.2, 0.25) is 0 Å². The van der Waals surface area contributed by atoms with E-state index in [0.717, 1.165) is 24.3 Å². The topological polar surface area (TPSA) is 111 Å². The van der Waals surface area contributed by atoms with Gasteiger partial charge in [-0.3, -0.25) is 9.59 Å². The first-order chi connectivity index (χ1) is 13.1. The van der Waals surface area contributed by atoms with Crippen LogP contribution in [0.5, 0.6) is 11.5 Å². The summed E-state index contributed by atoms with van der Waals surface area (Å²) in [6.07, 6.45) is -4.97. The van der Waals surface area contributed by atoms with Gasteiger partial charge in [-0.15, -0.1) is 0 Å². The van der Waals surface area contributed by atoms with Crippen LogP contribution in [0.15, 0.2) is 47.6 Å². The Labute approximate surface area is 157 Å². The largest absolute Gasteiger partial charge is 0.504 e. The van der Waals surface area contributed by atoms with E-state index in [1.54, 1.807) is 0 Å². The van der Waals surface area contributed by atoms with Crippen LogP contribution in [0.3, 0.4) is 0 Å². The van der Waals surface area contributed by atoms with E-state index < -0.39 is 35.1 Å². The third-order valence-electron chi connectivity index (χ3n) is 3.51. The Bertz CT molecular complexity index is 927. The molecular formula is C18H16F3N3O4. The van der Waals surface area contributed by atoms with Gasteiger partial charge in [0, 0.05) is 11.3 Å². The molecule has 0 aliphatic rings. The number of phenolic OH excluding ortho intramolecular Hbond substituents is 2. The third kappa shape index (κ3) is 5.47. The Kier molecular flexibility index (Phi) is 6.24. The summed E-state index contributed by atoms with van der Waals surface area (Å²) in [4.78, 5) is 23.9. The van der Waals surface area contributed by atoms with Crippen molar-refractivity contribution in [1.29, 1.82) is 0 Å². The van der Waals surface area contributed by atoms with Crippen LogP contribution in [0.4, 0.5) is 18.9 Å². The lowest BCUT2D eigenvalue weighted by Crippen LogP contribution is -2.22. The fourth-order valence-electron chi connectivity index (χ4n) is 2.18. The number of phenols is 2. The molecule has 4 N–H and O–H groups in total. The van der Waals surface area contributed by atoms with Gasteiger partial charge in [0.1, 0.15) is 0 Å². The summed E-state index contributed by atoms with van der Waals surface area (Å²) in [6, 6.07) is 7.94. The lowest BCUT2D eigenvalue weighted by molar-refractivity contribution is -0.137. The average molecular weight is 395 g/mol. The molecule has 148 valence electrons. The number of amides is 2. The van der Waals surface area contributed by atoms with Crippen LogP contribution in [0.1, 0.15) is 29.3 Å². The molecule has 0 unspecified atom stereocenters. The molecule has 2 aromatic rings. The number of hydrogen-bond acceptors (Lipinski definition) is 5. The molecule has 0 saturated heterocycles. The van der Waals surface area contributed by atoms with Gasteiger partial charge in [0.15, 0.2) is 11.5 Å². The Morgan fingerprint density at radius 3 is 2.39 bits per heavy atom. The molecule has 2 rings (SSSR count). The molecule has 0 aliphatic heterocycles. The van der Waals surface area contributed by atoms with Crippen LogP contribution in [0, 0.1) is 0 Å². The van der Waals surface area contributed by atoms with Gasteiger partial charge in [-0.05, 0) is 37.3 Å². The molecular weight excluding hydrogens is 379 g/mol. The first kappa shape index (κ1) is 20.7. The highest BCUT2D eigenvalue weighted by atomic mass is 19.4. The van der Waals surface area contributed by atoms with Crippen molar-refractivity contribution in [2.45, 2.75) is 19.5 Å². The maximum Gasteiger partial charge on any atom is 0.418 e.